The van der Waals surface area contributed by atoms with E-state index < -0.39 is 0 Å². The van der Waals surface area contributed by atoms with Crippen molar-refractivity contribution in [2.45, 2.75) is 77.6 Å². The second-order valence-electron chi connectivity index (χ2n) is 5.49. The second kappa shape index (κ2) is 7.06. The zero-order valence-electron chi connectivity index (χ0n) is 12.2. The first-order valence-corrected chi connectivity index (χ1v) is 7.71. The van der Waals surface area contributed by atoms with Crippen LogP contribution < -0.4 is 5.32 Å². The van der Waals surface area contributed by atoms with E-state index in [1.165, 1.54) is 18.5 Å². The molecule has 1 heterocycles. The Balaban J connectivity index is 1.95. The fourth-order valence-corrected chi connectivity index (χ4v) is 2.87. The molecule has 2 atom stereocenters. The molecule has 4 heteroatoms. The minimum Gasteiger partial charge on any atom is -0.392 e. The quantitative estimate of drug-likeness (QED) is 0.803. The van der Waals surface area contributed by atoms with Crippen LogP contribution in [0.1, 0.15) is 57.3 Å². The van der Waals surface area contributed by atoms with Crippen molar-refractivity contribution in [3.05, 3.63) is 17.5 Å². The fraction of sp³-hybridized carbons (Fsp3) is 0.800. The largest absolute Gasteiger partial charge is 0.392 e. The zero-order valence-corrected chi connectivity index (χ0v) is 12.2. The Morgan fingerprint density at radius 3 is 2.84 bits per heavy atom. The van der Waals surface area contributed by atoms with E-state index in [0.29, 0.717) is 0 Å². The first-order valence-electron chi connectivity index (χ1n) is 7.71. The van der Waals surface area contributed by atoms with Gasteiger partial charge in [-0.1, -0.05) is 26.2 Å². The first-order chi connectivity index (χ1) is 9.24. The molecular formula is C15H27N3O. The van der Waals surface area contributed by atoms with Gasteiger partial charge in [-0.15, -0.1) is 0 Å². The van der Waals surface area contributed by atoms with Gasteiger partial charge in [0, 0.05) is 19.1 Å². The predicted molar refractivity (Wildman–Crippen MR) is 77.0 cm³/mol. The lowest BCUT2D eigenvalue weighted by molar-refractivity contribution is 0.119. The van der Waals surface area contributed by atoms with E-state index in [0.717, 1.165) is 44.5 Å². The molecule has 108 valence electrons. The summed E-state index contributed by atoms with van der Waals surface area (Å²) in [7, 11) is 0. The first kappa shape index (κ1) is 14.5. The van der Waals surface area contributed by atoms with Crippen molar-refractivity contribution >= 4 is 0 Å². The van der Waals surface area contributed by atoms with Crippen molar-refractivity contribution in [2.24, 2.45) is 0 Å². The standard InChI is InChI=1S/C15H27N3O/c1-3-12-10-13(18(4-2)17-12)11-16-14-8-6-5-7-9-15(14)19/h10,14-16,19H,3-9,11H2,1-2H3. The van der Waals surface area contributed by atoms with E-state index in [2.05, 4.69) is 35.0 Å². The maximum absolute atomic E-state index is 10.1. The molecule has 0 amide bonds. The molecule has 1 aliphatic carbocycles. The van der Waals surface area contributed by atoms with E-state index in [1.54, 1.807) is 0 Å². The van der Waals surface area contributed by atoms with Gasteiger partial charge in [0.1, 0.15) is 0 Å². The summed E-state index contributed by atoms with van der Waals surface area (Å²) in [6.07, 6.45) is 6.45. The third kappa shape index (κ3) is 3.80. The molecule has 0 radical (unpaired) electrons. The molecule has 1 aromatic rings. The van der Waals surface area contributed by atoms with E-state index in [4.69, 9.17) is 0 Å². The highest BCUT2D eigenvalue weighted by molar-refractivity contribution is 5.10. The van der Waals surface area contributed by atoms with Crippen LogP contribution >= 0.6 is 0 Å². The molecule has 0 bridgehead atoms. The monoisotopic (exact) mass is 265 g/mol. The van der Waals surface area contributed by atoms with E-state index in [1.807, 2.05) is 0 Å². The molecule has 0 aliphatic heterocycles. The van der Waals surface area contributed by atoms with Crippen LogP contribution in [0.4, 0.5) is 0 Å². The number of hydrogen-bond donors (Lipinski definition) is 2. The molecule has 1 aliphatic rings. The Kier molecular flexibility index (Phi) is 5.40. The fourth-order valence-electron chi connectivity index (χ4n) is 2.87. The molecule has 2 rings (SSSR count). The Morgan fingerprint density at radius 1 is 1.32 bits per heavy atom. The van der Waals surface area contributed by atoms with Crippen molar-refractivity contribution in [3.63, 3.8) is 0 Å². The Hall–Kier alpha value is -0.870. The lowest BCUT2D eigenvalue weighted by atomic mass is 10.1. The molecule has 1 aromatic heterocycles. The number of aliphatic hydroxyl groups excluding tert-OH is 1. The van der Waals surface area contributed by atoms with Gasteiger partial charge in [0.15, 0.2) is 0 Å². The summed E-state index contributed by atoms with van der Waals surface area (Å²) in [4.78, 5) is 0. The number of hydrogen-bond acceptors (Lipinski definition) is 3. The Bertz CT molecular complexity index is 389. The van der Waals surface area contributed by atoms with E-state index in [-0.39, 0.29) is 12.1 Å². The van der Waals surface area contributed by atoms with Crippen LogP contribution in [0.5, 0.6) is 0 Å². The summed E-state index contributed by atoms with van der Waals surface area (Å²) in [5.74, 6) is 0. The summed E-state index contributed by atoms with van der Waals surface area (Å²) in [6.45, 7) is 5.97. The summed E-state index contributed by atoms with van der Waals surface area (Å²) in [5.41, 5.74) is 2.39. The van der Waals surface area contributed by atoms with E-state index >= 15 is 0 Å². The van der Waals surface area contributed by atoms with Crippen LogP contribution in [-0.4, -0.2) is 27.0 Å². The Labute approximate surface area is 116 Å². The third-order valence-electron chi connectivity index (χ3n) is 4.10. The van der Waals surface area contributed by atoms with Gasteiger partial charge in [-0.3, -0.25) is 4.68 Å². The lowest BCUT2D eigenvalue weighted by Gasteiger charge is -2.21. The highest BCUT2D eigenvalue weighted by Gasteiger charge is 2.21. The minimum atomic E-state index is -0.189. The second-order valence-corrected chi connectivity index (χ2v) is 5.49. The summed E-state index contributed by atoms with van der Waals surface area (Å²) >= 11 is 0. The molecule has 4 nitrogen and oxygen atoms in total. The topological polar surface area (TPSA) is 50.1 Å². The number of aliphatic hydroxyl groups is 1. The maximum Gasteiger partial charge on any atom is 0.0693 e. The average molecular weight is 265 g/mol. The maximum atomic E-state index is 10.1. The third-order valence-corrected chi connectivity index (χ3v) is 4.10. The van der Waals surface area contributed by atoms with Gasteiger partial charge in [-0.2, -0.15) is 5.10 Å². The number of rotatable bonds is 5. The molecule has 2 N–H and O–H groups in total. The molecular weight excluding hydrogens is 238 g/mol. The molecule has 2 unspecified atom stereocenters. The van der Waals surface area contributed by atoms with Crippen molar-refractivity contribution in [3.8, 4) is 0 Å². The van der Waals surface area contributed by atoms with Gasteiger partial charge in [0.2, 0.25) is 0 Å². The van der Waals surface area contributed by atoms with Gasteiger partial charge in [-0.25, -0.2) is 0 Å². The Morgan fingerprint density at radius 2 is 2.11 bits per heavy atom. The SMILES string of the molecule is CCc1cc(CNC2CCCCCC2O)n(CC)n1. The van der Waals surface area contributed by atoms with Gasteiger partial charge in [0.25, 0.3) is 0 Å². The number of nitrogens with one attached hydrogen (secondary N) is 1. The molecule has 19 heavy (non-hydrogen) atoms. The van der Waals surface area contributed by atoms with Crippen LogP contribution in [0, 0.1) is 0 Å². The van der Waals surface area contributed by atoms with Gasteiger partial charge in [0.05, 0.1) is 17.5 Å². The van der Waals surface area contributed by atoms with Gasteiger partial charge in [-0.05, 0) is 32.3 Å². The molecule has 1 fully saturated rings. The van der Waals surface area contributed by atoms with Crippen LogP contribution in [0.2, 0.25) is 0 Å². The highest BCUT2D eigenvalue weighted by Crippen LogP contribution is 2.18. The van der Waals surface area contributed by atoms with E-state index in [9.17, 15) is 5.11 Å². The molecule has 0 saturated heterocycles. The van der Waals surface area contributed by atoms with Crippen molar-refractivity contribution < 1.29 is 5.11 Å². The summed E-state index contributed by atoms with van der Waals surface area (Å²) in [5, 5.41) is 18.2. The number of aromatic nitrogens is 2. The predicted octanol–water partition coefficient (Wildman–Crippen LogP) is 2.25. The smallest absolute Gasteiger partial charge is 0.0693 e. The van der Waals surface area contributed by atoms with Crippen LogP contribution in [0.15, 0.2) is 6.07 Å². The van der Waals surface area contributed by atoms with Crippen LogP contribution in [0.25, 0.3) is 0 Å². The molecule has 1 saturated carbocycles. The van der Waals surface area contributed by atoms with Crippen molar-refractivity contribution in [1.29, 1.82) is 0 Å². The average Bonchev–Trinajstić information content (AvgIpc) is 2.72. The molecule has 0 aromatic carbocycles. The lowest BCUT2D eigenvalue weighted by Crippen LogP contribution is -2.39. The highest BCUT2D eigenvalue weighted by atomic mass is 16.3. The zero-order chi connectivity index (χ0) is 13.7. The van der Waals surface area contributed by atoms with Gasteiger partial charge < -0.3 is 10.4 Å². The van der Waals surface area contributed by atoms with Crippen molar-refractivity contribution in [2.75, 3.05) is 0 Å². The number of aryl methyl sites for hydroxylation is 2. The summed E-state index contributed by atoms with van der Waals surface area (Å²) < 4.78 is 2.06. The van der Waals surface area contributed by atoms with Crippen LogP contribution in [-0.2, 0) is 19.5 Å². The van der Waals surface area contributed by atoms with Crippen LogP contribution in [0.3, 0.4) is 0 Å². The number of nitrogens with zero attached hydrogens (tertiary/aromatic N) is 2. The minimum absolute atomic E-state index is 0.189. The normalized spacial score (nSPS) is 24.4. The van der Waals surface area contributed by atoms with Gasteiger partial charge >= 0.3 is 0 Å². The molecule has 0 spiro atoms. The summed E-state index contributed by atoms with van der Waals surface area (Å²) in [6, 6.07) is 2.42. The van der Waals surface area contributed by atoms with Crippen molar-refractivity contribution in [1.82, 2.24) is 15.1 Å².